The standard InChI is InChI=1S/C21H24N4O2/c26-20(14-16-7-8-16)25-11-3-10-24(12-13-25)19-6-1-5-18(23-19)21(27)17-4-2-9-22-15-17/h1-2,4-6,9,15-16H,3,7-8,10-14H2. The first-order valence-corrected chi connectivity index (χ1v) is 9.65. The molecule has 2 aliphatic rings. The van der Waals surface area contributed by atoms with Crippen LogP contribution in [0.3, 0.4) is 0 Å². The van der Waals surface area contributed by atoms with Gasteiger partial charge in [0.2, 0.25) is 11.7 Å². The Morgan fingerprint density at radius 1 is 1.04 bits per heavy atom. The van der Waals surface area contributed by atoms with Gasteiger partial charge in [0.15, 0.2) is 0 Å². The van der Waals surface area contributed by atoms with E-state index in [2.05, 4.69) is 14.9 Å². The van der Waals surface area contributed by atoms with Crippen molar-refractivity contribution < 1.29 is 9.59 Å². The highest BCUT2D eigenvalue weighted by Crippen LogP contribution is 2.33. The lowest BCUT2D eigenvalue weighted by molar-refractivity contribution is -0.131. The van der Waals surface area contributed by atoms with E-state index in [1.165, 1.54) is 12.8 Å². The number of rotatable bonds is 5. The van der Waals surface area contributed by atoms with Crippen LogP contribution in [0.1, 0.15) is 41.7 Å². The molecule has 1 saturated heterocycles. The summed E-state index contributed by atoms with van der Waals surface area (Å²) in [5.74, 6) is 1.57. The summed E-state index contributed by atoms with van der Waals surface area (Å²) in [5, 5.41) is 0. The molecule has 27 heavy (non-hydrogen) atoms. The lowest BCUT2D eigenvalue weighted by atomic mass is 10.1. The Bertz CT molecular complexity index is 820. The van der Waals surface area contributed by atoms with E-state index in [-0.39, 0.29) is 11.7 Å². The molecule has 2 fully saturated rings. The molecule has 3 heterocycles. The maximum absolute atomic E-state index is 12.6. The zero-order chi connectivity index (χ0) is 18.6. The van der Waals surface area contributed by atoms with E-state index in [9.17, 15) is 9.59 Å². The van der Waals surface area contributed by atoms with Gasteiger partial charge in [-0.25, -0.2) is 4.98 Å². The average molecular weight is 364 g/mol. The zero-order valence-corrected chi connectivity index (χ0v) is 15.4. The summed E-state index contributed by atoms with van der Waals surface area (Å²) in [7, 11) is 0. The first-order valence-electron chi connectivity index (χ1n) is 9.65. The van der Waals surface area contributed by atoms with Crippen molar-refractivity contribution in [3.05, 3.63) is 54.0 Å². The molecule has 0 unspecified atom stereocenters. The van der Waals surface area contributed by atoms with Gasteiger partial charge < -0.3 is 9.80 Å². The lowest BCUT2D eigenvalue weighted by Gasteiger charge is -2.23. The monoisotopic (exact) mass is 364 g/mol. The van der Waals surface area contributed by atoms with Crippen LogP contribution in [0, 0.1) is 5.92 Å². The lowest BCUT2D eigenvalue weighted by Crippen LogP contribution is -2.35. The van der Waals surface area contributed by atoms with Crippen LogP contribution in [0.25, 0.3) is 0 Å². The molecule has 0 aromatic carbocycles. The minimum atomic E-state index is -0.124. The first kappa shape index (κ1) is 17.6. The summed E-state index contributed by atoms with van der Waals surface area (Å²) in [6.07, 6.45) is 7.23. The number of carbonyl (C=O) groups is 2. The third-order valence-corrected chi connectivity index (χ3v) is 5.22. The third-order valence-electron chi connectivity index (χ3n) is 5.22. The summed E-state index contributed by atoms with van der Waals surface area (Å²) in [4.78, 5) is 37.8. The molecule has 4 rings (SSSR count). The number of anilines is 1. The summed E-state index contributed by atoms with van der Waals surface area (Å²) >= 11 is 0. The number of pyridine rings is 2. The summed E-state index contributed by atoms with van der Waals surface area (Å²) in [6, 6.07) is 9.04. The van der Waals surface area contributed by atoms with E-state index in [1.54, 1.807) is 30.6 Å². The number of aromatic nitrogens is 2. The van der Waals surface area contributed by atoms with Crippen LogP contribution in [0.2, 0.25) is 0 Å². The van der Waals surface area contributed by atoms with Crippen molar-refractivity contribution in [2.24, 2.45) is 5.92 Å². The Morgan fingerprint density at radius 3 is 2.70 bits per heavy atom. The Morgan fingerprint density at radius 2 is 1.93 bits per heavy atom. The summed E-state index contributed by atoms with van der Waals surface area (Å²) in [5.41, 5.74) is 0.960. The molecular weight excluding hydrogens is 340 g/mol. The molecule has 140 valence electrons. The van der Waals surface area contributed by atoms with Gasteiger partial charge in [0.1, 0.15) is 11.5 Å². The second-order valence-electron chi connectivity index (χ2n) is 7.32. The third kappa shape index (κ3) is 4.32. The van der Waals surface area contributed by atoms with Crippen LogP contribution in [-0.2, 0) is 4.79 Å². The molecule has 1 saturated carbocycles. The predicted molar refractivity (Wildman–Crippen MR) is 103 cm³/mol. The highest BCUT2D eigenvalue weighted by atomic mass is 16.2. The molecule has 2 aromatic rings. The smallest absolute Gasteiger partial charge is 0.222 e. The molecule has 0 bridgehead atoms. The van der Waals surface area contributed by atoms with Gasteiger partial charge in [-0.2, -0.15) is 0 Å². The first-order chi connectivity index (χ1) is 13.2. The van der Waals surface area contributed by atoms with Crippen LogP contribution in [-0.4, -0.2) is 52.7 Å². The minimum absolute atomic E-state index is 0.124. The molecular formula is C21H24N4O2. The molecule has 0 spiro atoms. The van der Waals surface area contributed by atoms with Gasteiger partial charge >= 0.3 is 0 Å². The number of ketones is 1. The van der Waals surface area contributed by atoms with Crippen LogP contribution in [0.5, 0.6) is 0 Å². The fourth-order valence-corrected chi connectivity index (χ4v) is 3.46. The Balaban J connectivity index is 1.44. The molecule has 0 radical (unpaired) electrons. The normalized spacial score (nSPS) is 17.5. The van der Waals surface area contributed by atoms with Crippen molar-refractivity contribution >= 4 is 17.5 Å². The molecule has 6 nitrogen and oxygen atoms in total. The fraction of sp³-hybridized carbons (Fsp3) is 0.429. The van der Waals surface area contributed by atoms with Crippen molar-refractivity contribution in [1.82, 2.24) is 14.9 Å². The SMILES string of the molecule is O=C(c1cccnc1)c1cccc(N2CCCN(C(=O)CC3CC3)CC2)n1. The molecule has 1 aliphatic carbocycles. The van der Waals surface area contributed by atoms with Crippen molar-refractivity contribution in [2.75, 3.05) is 31.1 Å². The topological polar surface area (TPSA) is 66.4 Å². The van der Waals surface area contributed by atoms with E-state index in [4.69, 9.17) is 0 Å². The van der Waals surface area contributed by atoms with Gasteiger partial charge in [-0.3, -0.25) is 14.6 Å². The van der Waals surface area contributed by atoms with Gasteiger partial charge in [0.05, 0.1) is 0 Å². The van der Waals surface area contributed by atoms with Gasteiger partial charge in [-0.05, 0) is 49.4 Å². The Kier molecular flexibility index (Phi) is 5.14. The van der Waals surface area contributed by atoms with Gasteiger partial charge in [-0.15, -0.1) is 0 Å². The van der Waals surface area contributed by atoms with Crippen molar-refractivity contribution in [3.63, 3.8) is 0 Å². The van der Waals surface area contributed by atoms with Crippen LogP contribution >= 0.6 is 0 Å². The maximum Gasteiger partial charge on any atom is 0.222 e. The maximum atomic E-state index is 12.6. The molecule has 6 heteroatoms. The fourth-order valence-electron chi connectivity index (χ4n) is 3.46. The number of hydrogen-bond acceptors (Lipinski definition) is 5. The number of hydrogen-bond donors (Lipinski definition) is 0. The van der Waals surface area contributed by atoms with Crippen molar-refractivity contribution in [3.8, 4) is 0 Å². The van der Waals surface area contributed by atoms with Gasteiger partial charge in [0, 0.05) is 50.6 Å². The number of carbonyl (C=O) groups excluding carboxylic acids is 2. The highest BCUT2D eigenvalue weighted by Gasteiger charge is 2.28. The van der Waals surface area contributed by atoms with Gasteiger partial charge in [0.25, 0.3) is 0 Å². The summed E-state index contributed by atoms with van der Waals surface area (Å²) < 4.78 is 0. The molecule has 2 aromatic heterocycles. The van der Waals surface area contributed by atoms with Crippen LogP contribution in [0.4, 0.5) is 5.82 Å². The summed E-state index contributed by atoms with van der Waals surface area (Å²) in [6.45, 7) is 3.10. The average Bonchev–Trinajstić information content (AvgIpc) is 3.54. The Labute approximate surface area is 159 Å². The van der Waals surface area contributed by atoms with Crippen molar-refractivity contribution in [1.29, 1.82) is 0 Å². The minimum Gasteiger partial charge on any atom is -0.355 e. The predicted octanol–water partition coefficient (Wildman–Crippen LogP) is 2.55. The second-order valence-corrected chi connectivity index (χ2v) is 7.32. The number of nitrogens with zero attached hydrogens (tertiary/aromatic N) is 4. The van der Waals surface area contributed by atoms with E-state index < -0.39 is 0 Å². The molecule has 1 aliphatic heterocycles. The van der Waals surface area contributed by atoms with Crippen molar-refractivity contribution in [2.45, 2.75) is 25.7 Å². The van der Waals surface area contributed by atoms with Gasteiger partial charge in [-0.1, -0.05) is 6.07 Å². The number of amides is 1. The van der Waals surface area contributed by atoms with Crippen LogP contribution in [0.15, 0.2) is 42.7 Å². The largest absolute Gasteiger partial charge is 0.355 e. The van der Waals surface area contributed by atoms with E-state index in [1.807, 2.05) is 17.0 Å². The molecule has 0 N–H and O–H groups in total. The second kappa shape index (κ2) is 7.86. The van der Waals surface area contributed by atoms with Crippen LogP contribution < -0.4 is 4.90 Å². The Hall–Kier alpha value is -2.76. The zero-order valence-electron chi connectivity index (χ0n) is 15.4. The highest BCUT2D eigenvalue weighted by molar-refractivity contribution is 6.07. The quantitative estimate of drug-likeness (QED) is 0.763. The van der Waals surface area contributed by atoms with E-state index >= 15 is 0 Å². The molecule has 1 amide bonds. The van der Waals surface area contributed by atoms with E-state index in [0.717, 1.165) is 31.9 Å². The molecule has 0 atom stereocenters. The van der Waals surface area contributed by atoms with E-state index in [0.29, 0.717) is 30.1 Å².